The summed E-state index contributed by atoms with van der Waals surface area (Å²) in [5, 5.41) is 5.77. The molecule has 0 unspecified atom stereocenters. The SMILES string of the molecule is Nc1[nH]ncc1C(=O)Oc1ccccc1C(F)(F)F. The Balaban J connectivity index is 2.30. The number of nitrogen functional groups attached to an aromatic ring is 1. The van der Waals surface area contributed by atoms with Crippen LogP contribution < -0.4 is 10.5 Å². The van der Waals surface area contributed by atoms with Crippen molar-refractivity contribution in [1.29, 1.82) is 0 Å². The molecule has 1 aromatic heterocycles. The van der Waals surface area contributed by atoms with Gasteiger partial charge in [0.1, 0.15) is 17.1 Å². The number of anilines is 1. The summed E-state index contributed by atoms with van der Waals surface area (Å²) in [4.78, 5) is 11.6. The van der Waals surface area contributed by atoms with Crippen LogP contribution >= 0.6 is 0 Å². The zero-order chi connectivity index (χ0) is 14.0. The Morgan fingerprint density at radius 3 is 2.58 bits per heavy atom. The third-order valence-corrected chi connectivity index (χ3v) is 2.28. The number of hydrogen-bond acceptors (Lipinski definition) is 4. The molecule has 0 atom stereocenters. The normalized spacial score (nSPS) is 11.3. The monoisotopic (exact) mass is 271 g/mol. The molecule has 0 aliphatic rings. The van der Waals surface area contributed by atoms with E-state index < -0.39 is 23.5 Å². The van der Waals surface area contributed by atoms with Crippen molar-refractivity contribution >= 4 is 11.8 Å². The maximum atomic E-state index is 12.7. The van der Waals surface area contributed by atoms with Crippen molar-refractivity contribution in [2.45, 2.75) is 6.18 Å². The van der Waals surface area contributed by atoms with E-state index in [1.54, 1.807) is 0 Å². The zero-order valence-corrected chi connectivity index (χ0v) is 9.36. The van der Waals surface area contributed by atoms with Gasteiger partial charge in [0.25, 0.3) is 0 Å². The number of nitrogens with zero attached hydrogens (tertiary/aromatic N) is 1. The number of hydrogen-bond donors (Lipinski definition) is 2. The summed E-state index contributed by atoms with van der Waals surface area (Å²) in [6.07, 6.45) is -3.54. The number of para-hydroxylation sites is 1. The summed E-state index contributed by atoms with van der Waals surface area (Å²) < 4.78 is 42.8. The number of aromatic nitrogens is 2. The molecule has 0 fully saturated rings. The zero-order valence-electron chi connectivity index (χ0n) is 9.36. The molecular formula is C11H8F3N3O2. The summed E-state index contributed by atoms with van der Waals surface area (Å²) in [5.74, 6) is -1.67. The molecule has 2 aromatic rings. The summed E-state index contributed by atoms with van der Waals surface area (Å²) >= 11 is 0. The van der Waals surface area contributed by atoms with E-state index in [0.29, 0.717) is 0 Å². The topological polar surface area (TPSA) is 81.0 Å². The van der Waals surface area contributed by atoms with Gasteiger partial charge in [0.15, 0.2) is 0 Å². The minimum absolute atomic E-state index is 0.0745. The molecule has 0 spiro atoms. The maximum absolute atomic E-state index is 12.7. The fourth-order valence-corrected chi connectivity index (χ4v) is 1.40. The van der Waals surface area contributed by atoms with Crippen LogP contribution in [-0.4, -0.2) is 16.2 Å². The van der Waals surface area contributed by atoms with Gasteiger partial charge in [0, 0.05) is 0 Å². The molecule has 19 heavy (non-hydrogen) atoms. The maximum Gasteiger partial charge on any atom is 0.419 e. The van der Waals surface area contributed by atoms with Gasteiger partial charge in [0.2, 0.25) is 0 Å². The first-order valence-corrected chi connectivity index (χ1v) is 5.07. The fourth-order valence-electron chi connectivity index (χ4n) is 1.40. The molecular weight excluding hydrogens is 263 g/mol. The Kier molecular flexibility index (Phi) is 3.16. The Labute approximate surface area is 105 Å². The number of rotatable bonds is 2. The van der Waals surface area contributed by atoms with E-state index in [0.717, 1.165) is 18.3 Å². The van der Waals surface area contributed by atoms with Crippen LogP contribution in [0.2, 0.25) is 0 Å². The first kappa shape index (κ1) is 12.9. The Morgan fingerprint density at radius 2 is 2.00 bits per heavy atom. The molecule has 0 amide bonds. The number of halogens is 3. The van der Waals surface area contributed by atoms with Crippen molar-refractivity contribution in [3.05, 3.63) is 41.6 Å². The number of aromatic amines is 1. The highest BCUT2D eigenvalue weighted by atomic mass is 19.4. The molecule has 0 aliphatic heterocycles. The Hall–Kier alpha value is -2.51. The van der Waals surface area contributed by atoms with E-state index in [1.807, 2.05) is 0 Å². The predicted octanol–water partition coefficient (Wildman–Crippen LogP) is 2.23. The fraction of sp³-hybridized carbons (Fsp3) is 0.0909. The van der Waals surface area contributed by atoms with E-state index >= 15 is 0 Å². The summed E-state index contributed by atoms with van der Waals surface area (Å²) in [6, 6.07) is 4.40. The third kappa shape index (κ3) is 2.67. The van der Waals surface area contributed by atoms with Crippen molar-refractivity contribution in [3.8, 4) is 5.75 Å². The second kappa shape index (κ2) is 4.63. The van der Waals surface area contributed by atoms with Crippen LogP contribution in [-0.2, 0) is 6.18 Å². The number of ether oxygens (including phenoxy) is 1. The Morgan fingerprint density at radius 1 is 1.32 bits per heavy atom. The lowest BCUT2D eigenvalue weighted by molar-refractivity contribution is -0.138. The van der Waals surface area contributed by atoms with Gasteiger partial charge in [-0.05, 0) is 12.1 Å². The molecule has 0 radical (unpaired) electrons. The van der Waals surface area contributed by atoms with Crippen molar-refractivity contribution in [2.75, 3.05) is 5.73 Å². The summed E-state index contributed by atoms with van der Waals surface area (Å²) in [5.41, 5.74) is 4.21. The number of carbonyl (C=O) groups excluding carboxylic acids is 1. The number of nitrogens with one attached hydrogen (secondary N) is 1. The van der Waals surface area contributed by atoms with E-state index in [9.17, 15) is 18.0 Å². The number of esters is 1. The van der Waals surface area contributed by atoms with E-state index in [4.69, 9.17) is 10.5 Å². The van der Waals surface area contributed by atoms with Gasteiger partial charge < -0.3 is 10.5 Å². The number of alkyl halides is 3. The minimum atomic E-state index is -4.61. The quantitative estimate of drug-likeness (QED) is 0.648. The first-order valence-electron chi connectivity index (χ1n) is 5.07. The lowest BCUT2D eigenvalue weighted by Gasteiger charge is -2.11. The second-order valence-electron chi connectivity index (χ2n) is 3.58. The molecule has 0 saturated carbocycles. The minimum Gasteiger partial charge on any atom is -0.422 e. The number of benzene rings is 1. The van der Waals surface area contributed by atoms with Gasteiger partial charge in [-0.2, -0.15) is 18.3 Å². The van der Waals surface area contributed by atoms with Gasteiger partial charge in [-0.25, -0.2) is 4.79 Å². The summed E-state index contributed by atoms with van der Waals surface area (Å²) in [6.45, 7) is 0. The smallest absolute Gasteiger partial charge is 0.419 e. The molecule has 2 rings (SSSR count). The second-order valence-corrected chi connectivity index (χ2v) is 3.58. The molecule has 8 heteroatoms. The van der Waals surface area contributed by atoms with Gasteiger partial charge in [-0.15, -0.1) is 0 Å². The number of carbonyl (C=O) groups is 1. The summed E-state index contributed by atoms with van der Waals surface area (Å²) in [7, 11) is 0. The first-order chi connectivity index (χ1) is 8.89. The predicted molar refractivity (Wildman–Crippen MR) is 59.4 cm³/mol. The standard InChI is InChI=1S/C11H8F3N3O2/c12-11(13,14)7-3-1-2-4-8(7)19-10(18)6-5-16-17-9(6)15/h1-5H,(H3,15,16,17). The highest BCUT2D eigenvalue weighted by Crippen LogP contribution is 2.36. The molecule has 1 heterocycles. The molecule has 0 saturated heterocycles. The number of H-pyrrole nitrogens is 1. The molecule has 0 bridgehead atoms. The van der Waals surface area contributed by atoms with Gasteiger partial charge in [-0.3, -0.25) is 5.10 Å². The molecule has 1 aromatic carbocycles. The van der Waals surface area contributed by atoms with Crippen molar-refractivity contribution in [2.24, 2.45) is 0 Å². The molecule has 3 N–H and O–H groups in total. The average molecular weight is 271 g/mol. The van der Waals surface area contributed by atoms with Crippen molar-refractivity contribution in [3.63, 3.8) is 0 Å². The highest BCUT2D eigenvalue weighted by molar-refractivity contribution is 5.95. The van der Waals surface area contributed by atoms with E-state index in [1.165, 1.54) is 12.1 Å². The van der Waals surface area contributed by atoms with Gasteiger partial charge >= 0.3 is 12.1 Å². The molecule has 5 nitrogen and oxygen atoms in total. The number of nitrogens with two attached hydrogens (primary N) is 1. The van der Waals surface area contributed by atoms with Crippen LogP contribution in [0, 0.1) is 0 Å². The molecule has 100 valence electrons. The highest BCUT2D eigenvalue weighted by Gasteiger charge is 2.34. The van der Waals surface area contributed by atoms with Crippen LogP contribution in [0.3, 0.4) is 0 Å². The van der Waals surface area contributed by atoms with Crippen LogP contribution in [0.1, 0.15) is 15.9 Å². The Bertz CT molecular complexity index is 607. The van der Waals surface area contributed by atoms with E-state index in [2.05, 4.69) is 10.2 Å². The lowest BCUT2D eigenvalue weighted by Crippen LogP contribution is -2.14. The van der Waals surface area contributed by atoms with Gasteiger partial charge in [-0.1, -0.05) is 12.1 Å². The van der Waals surface area contributed by atoms with Crippen LogP contribution in [0.4, 0.5) is 19.0 Å². The van der Waals surface area contributed by atoms with Crippen LogP contribution in [0.25, 0.3) is 0 Å². The average Bonchev–Trinajstić information content (AvgIpc) is 2.75. The largest absolute Gasteiger partial charge is 0.422 e. The van der Waals surface area contributed by atoms with Crippen molar-refractivity contribution in [1.82, 2.24) is 10.2 Å². The lowest BCUT2D eigenvalue weighted by atomic mass is 10.2. The van der Waals surface area contributed by atoms with Crippen molar-refractivity contribution < 1.29 is 22.7 Å². The van der Waals surface area contributed by atoms with Crippen LogP contribution in [0.15, 0.2) is 30.5 Å². The van der Waals surface area contributed by atoms with E-state index in [-0.39, 0.29) is 11.4 Å². The van der Waals surface area contributed by atoms with Gasteiger partial charge in [0.05, 0.1) is 11.8 Å². The third-order valence-electron chi connectivity index (χ3n) is 2.28. The van der Waals surface area contributed by atoms with Crippen LogP contribution in [0.5, 0.6) is 5.75 Å². The molecule has 0 aliphatic carbocycles.